The summed E-state index contributed by atoms with van der Waals surface area (Å²) in [6.07, 6.45) is -2.52. The van der Waals surface area contributed by atoms with E-state index in [0.29, 0.717) is 17.1 Å². The molecule has 0 spiro atoms. The molecule has 0 saturated heterocycles. The van der Waals surface area contributed by atoms with E-state index in [4.69, 9.17) is 4.74 Å². The molecule has 0 aliphatic carbocycles. The van der Waals surface area contributed by atoms with Crippen LogP contribution in [0.2, 0.25) is 0 Å². The van der Waals surface area contributed by atoms with Gasteiger partial charge in [0, 0.05) is 18.8 Å². The monoisotopic (exact) mass is 496 g/mol. The zero-order valence-corrected chi connectivity index (χ0v) is 19.9. The number of nitrogens with one attached hydrogen (secondary N) is 1. The first kappa shape index (κ1) is 26.4. The lowest BCUT2D eigenvalue weighted by atomic mass is 9.93. The molecule has 0 fully saturated rings. The third-order valence-electron chi connectivity index (χ3n) is 5.52. The lowest BCUT2D eigenvalue weighted by Crippen LogP contribution is -2.49. The van der Waals surface area contributed by atoms with Gasteiger partial charge in [-0.25, -0.2) is 9.37 Å². The second-order valence-corrected chi connectivity index (χ2v) is 9.03. The van der Waals surface area contributed by atoms with Crippen LogP contribution in [-0.2, 0) is 6.61 Å². The number of nitrogens with zero attached hydrogens (tertiary/aromatic N) is 3. The number of aryl methyl sites for hydroxylation is 2. The molecule has 35 heavy (non-hydrogen) atoms. The smallest absolute Gasteiger partial charge is 0.389 e. The fourth-order valence-corrected chi connectivity index (χ4v) is 3.74. The quantitative estimate of drug-likeness (QED) is 0.421. The van der Waals surface area contributed by atoms with E-state index in [0.717, 1.165) is 5.56 Å². The predicted molar refractivity (Wildman–Crippen MR) is 121 cm³/mol. The van der Waals surface area contributed by atoms with Gasteiger partial charge in [-0.3, -0.25) is 14.2 Å². The molecule has 11 heteroatoms. The van der Waals surface area contributed by atoms with Crippen LogP contribution in [0.4, 0.5) is 17.6 Å². The van der Waals surface area contributed by atoms with E-state index in [9.17, 15) is 27.5 Å². The van der Waals surface area contributed by atoms with Gasteiger partial charge in [0.2, 0.25) is 0 Å². The minimum atomic E-state index is -4.32. The van der Waals surface area contributed by atoms with Crippen molar-refractivity contribution in [3.05, 3.63) is 59.1 Å². The lowest BCUT2D eigenvalue weighted by Gasteiger charge is -2.30. The Bertz CT molecular complexity index is 1200. The number of halogens is 4. The van der Waals surface area contributed by atoms with Gasteiger partial charge in [0.15, 0.2) is 11.4 Å². The third kappa shape index (κ3) is 6.68. The minimum Gasteiger partial charge on any atom is -0.483 e. The largest absolute Gasteiger partial charge is 0.483 e. The summed E-state index contributed by atoms with van der Waals surface area (Å²) in [5.74, 6) is -0.804. The summed E-state index contributed by atoms with van der Waals surface area (Å²) in [5.41, 5.74) is 0.206. The number of hydrogen-bond acceptors (Lipinski definition) is 5. The highest BCUT2D eigenvalue weighted by Gasteiger charge is 2.33. The van der Waals surface area contributed by atoms with Crippen LogP contribution in [-0.4, -0.2) is 43.2 Å². The van der Waals surface area contributed by atoms with Crippen LogP contribution in [0.15, 0.2) is 30.6 Å². The molecule has 7 nitrogen and oxygen atoms in total. The summed E-state index contributed by atoms with van der Waals surface area (Å²) in [4.78, 5) is 21.6. The molecule has 0 aliphatic rings. The zero-order valence-electron chi connectivity index (χ0n) is 19.9. The van der Waals surface area contributed by atoms with Crippen molar-refractivity contribution in [2.24, 2.45) is 0 Å². The summed E-state index contributed by atoms with van der Waals surface area (Å²) < 4.78 is 59.0. The van der Waals surface area contributed by atoms with Crippen LogP contribution in [0.25, 0.3) is 5.65 Å². The summed E-state index contributed by atoms with van der Waals surface area (Å²) >= 11 is 0. The van der Waals surface area contributed by atoms with E-state index in [2.05, 4.69) is 15.3 Å². The number of rotatable bonds is 9. The molecular formula is C24H28F4N4O3. The highest BCUT2D eigenvalue weighted by atomic mass is 19.4. The van der Waals surface area contributed by atoms with E-state index in [-0.39, 0.29) is 30.8 Å². The number of imidazole rings is 1. The zero-order chi connectivity index (χ0) is 26.0. The molecule has 3 aromatic heterocycles. The van der Waals surface area contributed by atoms with E-state index in [1.54, 1.807) is 26.1 Å². The Balaban J connectivity index is 1.87. The number of aliphatic hydroxyl groups is 1. The van der Waals surface area contributed by atoms with Crippen LogP contribution < -0.4 is 10.1 Å². The van der Waals surface area contributed by atoms with Gasteiger partial charge in [-0.2, -0.15) is 13.2 Å². The number of fused-ring (bicyclic) bond motifs is 1. The SMILES string of the molecule is Cc1cc(OCc2ncccc2F)c2nc(C)c(C(=O)NC(CCCC(F)(F)F)C(C)(C)O)n2c1. The summed E-state index contributed by atoms with van der Waals surface area (Å²) in [5, 5.41) is 13.1. The maximum atomic E-state index is 13.9. The fraction of sp³-hybridized carbons (Fsp3) is 0.458. The highest BCUT2D eigenvalue weighted by molar-refractivity contribution is 5.95. The Morgan fingerprint density at radius 2 is 2.00 bits per heavy atom. The summed E-state index contributed by atoms with van der Waals surface area (Å²) in [7, 11) is 0. The molecular weight excluding hydrogens is 468 g/mol. The standard InChI is InChI=1S/C24H28F4N4O3/c1-14-11-18(35-13-17-16(25)7-6-10-29-17)21-30-15(2)20(32(21)12-14)22(33)31-19(23(3,4)34)8-5-9-24(26,27)28/h6-7,10-12,19,34H,5,8-9,13H2,1-4H3,(H,31,33). The highest BCUT2D eigenvalue weighted by Crippen LogP contribution is 2.27. The molecule has 3 aromatic rings. The molecule has 0 aromatic carbocycles. The molecule has 3 rings (SSSR count). The van der Waals surface area contributed by atoms with Crippen molar-refractivity contribution in [1.29, 1.82) is 0 Å². The first-order chi connectivity index (χ1) is 16.3. The average molecular weight is 497 g/mol. The molecule has 0 saturated carbocycles. The van der Waals surface area contributed by atoms with Crippen molar-refractivity contribution in [3.63, 3.8) is 0 Å². The molecule has 0 bridgehead atoms. The van der Waals surface area contributed by atoms with Gasteiger partial charge >= 0.3 is 6.18 Å². The Morgan fingerprint density at radius 1 is 1.29 bits per heavy atom. The van der Waals surface area contributed by atoms with E-state index in [1.807, 2.05) is 0 Å². The number of ether oxygens (including phenoxy) is 1. The second kappa shape index (κ2) is 10.2. The summed E-state index contributed by atoms with van der Waals surface area (Å²) in [6, 6.07) is 3.51. The molecule has 2 N–H and O–H groups in total. The van der Waals surface area contributed by atoms with Crippen LogP contribution in [0.1, 0.15) is 60.5 Å². The topological polar surface area (TPSA) is 88.8 Å². The molecule has 1 atom stereocenters. The van der Waals surface area contributed by atoms with E-state index < -0.39 is 36.0 Å². The maximum Gasteiger partial charge on any atom is 0.389 e. The van der Waals surface area contributed by atoms with Crippen LogP contribution >= 0.6 is 0 Å². The Kier molecular flexibility index (Phi) is 7.68. The molecule has 0 radical (unpaired) electrons. The van der Waals surface area contributed by atoms with E-state index in [1.165, 1.54) is 36.6 Å². The second-order valence-electron chi connectivity index (χ2n) is 9.03. The van der Waals surface area contributed by atoms with Crippen molar-refractivity contribution in [2.45, 2.75) is 71.4 Å². The lowest BCUT2D eigenvalue weighted by molar-refractivity contribution is -0.136. The van der Waals surface area contributed by atoms with Crippen LogP contribution in [0.3, 0.4) is 0 Å². The van der Waals surface area contributed by atoms with Crippen molar-refractivity contribution >= 4 is 11.6 Å². The Morgan fingerprint density at radius 3 is 2.63 bits per heavy atom. The van der Waals surface area contributed by atoms with Gasteiger partial charge in [-0.1, -0.05) is 0 Å². The molecule has 190 valence electrons. The third-order valence-corrected chi connectivity index (χ3v) is 5.52. The van der Waals surface area contributed by atoms with Gasteiger partial charge in [0.25, 0.3) is 5.91 Å². The van der Waals surface area contributed by atoms with Gasteiger partial charge in [-0.15, -0.1) is 0 Å². The van der Waals surface area contributed by atoms with Gasteiger partial charge in [0.05, 0.1) is 17.3 Å². The fourth-order valence-electron chi connectivity index (χ4n) is 3.74. The average Bonchev–Trinajstić information content (AvgIpc) is 3.06. The summed E-state index contributed by atoms with van der Waals surface area (Å²) in [6.45, 7) is 6.10. The first-order valence-corrected chi connectivity index (χ1v) is 11.1. The van der Waals surface area contributed by atoms with Crippen molar-refractivity contribution in [1.82, 2.24) is 19.7 Å². The number of alkyl halides is 3. The number of carbonyl (C=O) groups is 1. The maximum absolute atomic E-state index is 13.9. The molecule has 3 heterocycles. The molecule has 1 amide bonds. The molecule has 0 aliphatic heterocycles. The number of carbonyl (C=O) groups excluding carboxylic acids is 1. The van der Waals surface area contributed by atoms with Crippen LogP contribution in [0.5, 0.6) is 5.75 Å². The van der Waals surface area contributed by atoms with E-state index >= 15 is 0 Å². The van der Waals surface area contributed by atoms with Crippen molar-refractivity contribution in [2.75, 3.05) is 0 Å². The van der Waals surface area contributed by atoms with Gasteiger partial charge in [0.1, 0.15) is 23.8 Å². The number of hydrogen-bond donors (Lipinski definition) is 2. The first-order valence-electron chi connectivity index (χ1n) is 11.1. The van der Waals surface area contributed by atoms with Gasteiger partial charge < -0.3 is 15.2 Å². The van der Waals surface area contributed by atoms with Crippen molar-refractivity contribution < 1.29 is 32.2 Å². The Hall–Kier alpha value is -3.21. The van der Waals surface area contributed by atoms with Gasteiger partial charge in [-0.05, 0) is 64.3 Å². The Labute approximate surface area is 200 Å². The number of aromatic nitrogens is 3. The molecule has 1 unspecified atom stereocenters. The number of amides is 1. The van der Waals surface area contributed by atoms with Crippen LogP contribution in [0, 0.1) is 19.7 Å². The normalized spacial score (nSPS) is 13.2. The number of pyridine rings is 2. The minimum absolute atomic E-state index is 0.0619. The van der Waals surface area contributed by atoms with Crippen molar-refractivity contribution in [3.8, 4) is 5.75 Å². The predicted octanol–water partition coefficient (Wildman–Crippen LogP) is 4.67.